The molecule has 2 N–H and O–H groups in total. The molecule has 2 aromatic carbocycles. The van der Waals surface area contributed by atoms with Gasteiger partial charge in [0.25, 0.3) is 0 Å². The number of nitrogens with two attached hydrogens (primary N) is 1. The summed E-state index contributed by atoms with van der Waals surface area (Å²) in [5.41, 5.74) is 2.09. The van der Waals surface area contributed by atoms with E-state index in [1.54, 1.807) is 13.0 Å². The number of ether oxygens (including phenoxy) is 1. The number of carbonyl (C=O) groups excluding carboxylic acids is 1. The zero-order chi connectivity index (χ0) is 20.3. The quantitative estimate of drug-likeness (QED) is 0.466. The number of aryl methyl sites for hydroxylation is 1. The molecule has 0 aliphatic carbocycles. The maximum Gasteiger partial charge on any atom is 0.324 e. The molecule has 0 fully saturated rings. The molecule has 0 spiro atoms. The maximum atomic E-state index is 12.6. The molecular weight excluding hydrogens is 398 g/mol. The number of esters is 1. The second-order valence-corrected chi connectivity index (χ2v) is 8.63. The van der Waals surface area contributed by atoms with Crippen molar-refractivity contribution >= 4 is 38.8 Å². The first-order valence-electron chi connectivity index (χ1n) is 8.76. The van der Waals surface area contributed by atoms with Crippen molar-refractivity contribution in [2.24, 2.45) is 5.14 Å². The van der Waals surface area contributed by atoms with Gasteiger partial charge in [-0.25, -0.2) is 18.5 Å². The minimum Gasteiger partial charge on any atom is -0.465 e. The Morgan fingerprint density at radius 2 is 1.93 bits per heavy atom. The fourth-order valence-corrected chi connectivity index (χ4v) is 4.57. The van der Waals surface area contributed by atoms with Crippen LogP contribution in [0.2, 0.25) is 0 Å². The van der Waals surface area contributed by atoms with Crippen LogP contribution in [0.1, 0.15) is 24.7 Å². The highest BCUT2D eigenvalue weighted by molar-refractivity contribution is 8.00. The van der Waals surface area contributed by atoms with Crippen LogP contribution in [0.3, 0.4) is 0 Å². The highest BCUT2D eigenvalue weighted by atomic mass is 32.2. The average molecular weight is 420 g/mol. The molecule has 0 aliphatic rings. The van der Waals surface area contributed by atoms with Crippen LogP contribution in [0, 0.1) is 0 Å². The van der Waals surface area contributed by atoms with E-state index in [9.17, 15) is 13.2 Å². The molecule has 1 heterocycles. The van der Waals surface area contributed by atoms with Gasteiger partial charge in [-0.05, 0) is 37.6 Å². The van der Waals surface area contributed by atoms with Gasteiger partial charge in [-0.1, -0.05) is 42.1 Å². The van der Waals surface area contributed by atoms with Crippen LogP contribution in [-0.2, 0) is 26.1 Å². The average Bonchev–Trinajstić information content (AvgIpc) is 3.02. The lowest BCUT2D eigenvalue weighted by Crippen LogP contribution is -2.14. The van der Waals surface area contributed by atoms with Crippen molar-refractivity contribution in [3.63, 3.8) is 0 Å². The molecule has 0 saturated carbocycles. The van der Waals surface area contributed by atoms with Gasteiger partial charge < -0.3 is 9.30 Å². The summed E-state index contributed by atoms with van der Waals surface area (Å²) < 4.78 is 30.5. The molecule has 1 aromatic heterocycles. The maximum absolute atomic E-state index is 12.6. The molecule has 3 rings (SSSR count). The zero-order valence-corrected chi connectivity index (χ0v) is 17.2. The van der Waals surface area contributed by atoms with E-state index in [-0.39, 0.29) is 17.5 Å². The molecule has 0 radical (unpaired) electrons. The minimum atomic E-state index is -3.82. The van der Waals surface area contributed by atoms with Crippen LogP contribution < -0.4 is 5.14 Å². The third-order valence-corrected chi connectivity index (χ3v) is 6.29. The lowest BCUT2D eigenvalue weighted by molar-refractivity contribution is -0.142. The smallest absolute Gasteiger partial charge is 0.324 e. The number of benzene rings is 2. The number of nitrogens with zero attached hydrogens (tertiary/aromatic N) is 2. The van der Waals surface area contributed by atoms with E-state index in [0.717, 1.165) is 11.1 Å². The number of hydrogen-bond donors (Lipinski definition) is 1. The third kappa shape index (κ3) is 4.21. The van der Waals surface area contributed by atoms with E-state index < -0.39 is 15.3 Å². The summed E-state index contributed by atoms with van der Waals surface area (Å²) in [7, 11) is -3.82. The van der Waals surface area contributed by atoms with Gasteiger partial charge in [0, 0.05) is 6.54 Å². The molecule has 0 bridgehead atoms. The molecule has 0 unspecified atom stereocenters. The number of aromatic nitrogens is 2. The number of imidazole rings is 1. The molecule has 9 heteroatoms. The molecule has 28 heavy (non-hydrogen) atoms. The molecular formula is C19H21N3O4S2. The van der Waals surface area contributed by atoms with Crippen molar-refractivity contribution in [3.8, 4) is 0 Å². The molecule has 7 nitrogen and oxygen atoms in total. The number of hydrogen-bond acceptors (Lipinski definition) is 6. The molecule has 148 valence electrons. The first kappa shape index (κ1) is 20.4. The summed E-state index contributed by atoms with van der Waals surface area (Å²) >= 11 is 1.28. The van der Waals surface area contributed by atoms with Crippen molar-refractivity contribution in [2.75, 3.05) is 6.61 Å². The van der Waals surface area contributed by atoms with Gasteiger partial charge in [-0.2, -0.15) is 0 Å². The molecule has 0 saturated heterocycles. The monoisotopic (exact) mass is 419 g/mol. The summed E-state index contributed by atoms with van der Waals surface area (Å²) in [6.07, 6.45) is 0. The van der Waals surface area contributed by atoms with Crippen LogP contribution in [0.5, 0.6) is 0 Å². The predicted molar refractivity (Wildman–Crippen MR) is 108 cm³/mol. The topological polar surface area (TPSA) is 104 Å². The summed E-state index contributed by atoms with van der Waals surface area (Å²) in [6, 6.07) is 13.9. The largest absolute Gasteiger partial charge is 0.465 e. The van der Waals surface area contributed by atoms with E-state index in [4.69, 9.17) is 9.88 Å². The number of fused-ring (bicyclic) bond motifs is 1. The standard InChI is InChI=1S/C19H21N3O4S2/c1-3-22-16-11-10-14(28(20,24)25)12-15(16)21-19(22)27-17(18(23)26-4-2)13-8-6-5-7-9-13/h5-12,17H,3-4H2,1-2H3,(H2,20,24,25)/t17-/m1/s1. The van der Waals surface area contributed by atoms with Gasteiger partial charge in [0.2, 0.25) is 10.0 Å². The third-order valence-electron chi connectivity index (χ3n) is 4.16. The van der Waals surface area contributed by atoms with Crippen molar-refractivity contribution in [1.29, 1.82) is 0 Å². The highest BCUT2D eigenvalue weighted by Crippen LogP contribution is 2.37. The van der Waals surface area contributed by atoms with Crippen LogP contribution in [0.15, 0.2) is 58.6 Å². The number of carbonyl (C=O) groups is 1. The second-order valence-electron chi connectivity index (χ2n) is 5.99. The Labute approximate surface area is 167 Å². The Hall–Kier alpha value is -2.36. The fraction of sp³-hybridized carbons (Fsp3) is 0.263. The lowest BCUT2D eigenvalue weighted by atomic mass is 10.1. The Balaban J connectivity index is 2.06. The van der Waals surface area contributed by atoms with Crippen LogP contribution in [-0.4, -0.2) is 30.5 Å². The number of sulfonamides is 1. The summed E-state index contributed by atoms with van der Waals surface area (Å²) in [5.74, 6) is -0.348. The van der Waals surface area contributed by atoms with Gasteiger partial charge in [0.15, 0.2) is 5.16 Å². The summed E-state index contributed by atoms with van der Waals surface area (Å²) in [6.45, 7) is 4.61. The van der Waals surface area contributed by atoms with Gasteiger partial charge in [-0.15, -0.1) is 0 Å². The van der Waals surface area contributed by atoms with Gasteiger partial charge >= 0.3 is 5.97 Å². The van der Waals surface area contributed by atoms with Gasteiger partial charge in [0.05, 0.1) is 22.5 Å². The van der Waals surface area contributed by atoms with Gasteiger partial charge in [0.1, 0.15) is 5.25 Å². The first-order chi connectivity index (χ1) is 13.3. The SMILES string of the molecule is CCOC(=O)[C@H](Sc1nc2cc(S(N)(=O)=O)ccc2n1CC)c1ccccc1. The number of primary sulfonamides is 1. The normalized spacial score (nSPS) is 12.8. The zero-order valence-electron chi connectivity index (χ0n) is 15.5. The predicted octanol–water partition coefficient (Wildman–Crippen LogP) is 3.10. The van der Waals surface area contributed by atoms with Crippen molar-refractivity contribution in [3.05, 3.63) is 54.1 Å². The molecule has 1 atom stereocenters. The Morgan fingerprint density at radius 1 is 1.21 bits per heavy atom. The van der Waals surface area contributed by atoms with Crippen LogP contribution in [0.4, 0.5) is 0 Å². The minimum absolute atomic E-state index is 0.00213. The van der Waals surface area contributed by atoms with Crippen molar-refractivity contribution in [2.45, 2.75) is 35.7 Å². The fourth-order valence-electron chi connectivity index (χ4n) is 2.86. The number of rotatable bonds is 7. The first-order valence-corrected chi connectivity index (χ1v) is 11.2. The van der Waals surface area contributed by atoms with E-state index in [1.165, 1.54) is 23.9 Å². The van der Waals surface area contributed by atoms with Crippen LogP contribution >= 0.6 is 11.8 Å². The van der Waals surface area contributed by atoms with E-state index in [0.29, 0.717) is 17.2 Å². The summed E-state index contributed by atoms with van der Waals surface area (Å²) in [5, 5.41) is 5.25. The molecule has 0 aliphatic heterocycles. The van der Waals surface area contributed by atoms with E-state index in [1.807, 2.05) is 41.8 Å². The van der Waals surface area contributed by atoms with Crippen molar-refractivity contribution < 1.29 is 17.9 Å². The highest BCUT2D eigenvalue weighted by Gasteiger charge is 2.26. The summed E-state index contributed by atoms with van der Waals surface area (Å²) in [4.78, 5) is 17.1. The van der Waals surface area contributed by atoms with Crippen molar-refractivity contribution in [1.82, 2.24) is 9.55 Å². The van der Waals surface area contributed by atoms with Gasteiger partial charge in [-0.3, -0.25) is 4.79 Å². The molecule has 3 aromatic rings. The van der Waals surface area contributed by atoms with Crippen LogP contribution in [0.25, 0.3) is 11.0 Å². The Kier molecular flexibility index (Phi) is 6.07. The molecule has 0 amide bonds. The Bertz CT molecular complexity index is 1100. The Morgan fingerprint density at radius 3 is 2.54 bits per heavy atom. The van der Waals surface area contributed by atoms with E-state index >= 15 is 0 Å². The van der Waals surface area contributed by atoms with E-state index in [2.05, 4.69) is 4.98 Å². The lowest BCUT2D eigenvalue weighted by Gasteiger charge is -2.16. The number of thioether (sulfide) groups is 1. The second kappa shape index (κ2) is 8.34.